The summed E-state index contributed by atoms with van der Waals surface area (Å²) in [6, 6.07) is 7.90. The van der Waals surface area contributed by atoms with Gasteiger partial charge in [-0.15, -0.1) is 0 Å². The quantitative estimate of drug-likeness (QED) is 0.222. The number of rotatable bonds is 12. The molecule has 13 heteroatoms. The van der Waals surface area contributed by atoms with Gasteiger partial charge in [-0.05, 0) is 84.8 Å². The van der Waals surface area contributed by atoms with Gasteiger partial charge in [0, 0.05) is 6.20 Å². The standard InChI is InChI=1S/C29H29IN2O9S/c1-5-38-20-9-8-17(13-21(20)39-6-2)25-18(28(36)37-4)14-31-29-32(25)27(35)23(42-29)12-16-10-19(30)26(41-15-24(33)34)22(11-16)40-7-3/h8-14,25H,5-7,15H2,1-4H3,(H,33,34)/b23-12-/t25-/m1/s1. The van der Waals surface area contributed by atoms with Crippen molar-refractivity contribution < 1.29 is 38.4 Å². The first kappa shape index (κ1) is 31.1. The van der Waals surface area contributed by atoms with Gasteiger partial charge in [-0.2, -0.15) is 0 Å². The van der Waals surface area contributed by atoms with E-state index in [1.165, 1.54) is 29.2 Å². The van der Waals surface area contributed by atoms with Gasteiger partial charge >= 0.3 is 11.9 Å². The number of hydrogen-bond acceptors (Lipinski definition) is 10. The van der Waals surface area contributed by atoms with Gasteiger partial charge in [0.25, 0.3) is 5.56 Å². The average molecular weight is 709 g/mol. The zero-order valence-corrected chi connectivity index (χ0v) is 26.3. The summed E-state index contributed by atoms with van der Waals surface area (Å²) in [4.78, 5) is 42.6. The predicted molar refractivity (Wildman–Crippen MR) is 163 cm³/mol. The van der Waals surface area contributed by atoms with Crippen molar-refractivity contribution in [2.75, 3.05) is 33.5 Å². The van der Waals surface area contributed by atoms with Crippen LogP contribution in [-0.2, 0) is 14.3 Å². The number of carbonyl (C=O) groups excluding carboxylic acids is 1. The number of esters is 1. The lowest BCUT2D eigenvalue weighted by Gasteiger charge is -2.23. The SMILES string of the molecule is CCOc1ccc([C@@H]2C(C(=O)OC)=CN=c3s/c(=C\c4cc(I)c(OCC(=O)O)c(OCC)c4)c(=O)n32)cc1OCC. The van der Waals surface area contributed by atoms with E-state index in [1.54, 1.807) is 43.3 Å². The topological polar surface area (TPSA) is 135 Å². The minimum atomic E-state index is -1.11. The van der Waals surface area contributed by atoms with E-state index in [0.29, 0.717) is 66.8 Å². The van der Waals surface area contributed by atoms with Gasteiger partial charge in [0.15, 0.2) is 34.4 Å². The van der Waals surface area contributed by atoms with Crippen LogP contribution in [0.4, 0.5) is 0 Å². The Bertz CT molecular complexity index is 1710. The molecule has 0 fully saturated rings. The fourth-order valence-electron chi connectivity index (χ4n) is 4.35. The molecule has 0 spiro atoms. The number of methoxy groups -OCH3 is 1. The van der Waals surface area contributed by atoms with Crippen LogP contribution in [0.3, 0.4) is 0 Å². The molecule has 2 heterocycles. The fourth-order valence-corrected chi connectivity index (χ4v) is 6.10. The third-order valence-corrected chi connectivity index (χ3v) is 7.78. The molecule has 42 heavy (non-hydrogen) atoms. The molecule has 1 aliphatic rings. The first-order valence-electron chi connectivity index (χ1n) is 13.0. The lowest BCUT2D eigenvalue weighted by Crippen LogP contribution is -2.39. The van der Waals surface area contributed by atoms with Gasteiger partial charge in [-0.1, -0.05) is 17.4 Å². The number of carbonyl (C=O) groups is 2. The number of benzene rings is 2. The number of aliphatic carboxylic acids is 1. The molecule has 0 bridgehead atoms. The van der Waals surface area contributed by atoms with E-state index in [0.717, 1.165) is 0 Å². The molecular weight excluding hydrogens is 679 g/mol. The summed E-state index contributed by atoms with van der Waals surface area (Å²) < 4.78 is 30.1. The van der Waals surface area contributed by atoms with E-state index in [2.05, 4.69) is 4.99 Å². The maximum absolute atomic E-state index is 13.9. The van der Waals surface area contributed by atoms with Crippen LogP contribution in [0.25, 0.3) is 6.08 Å². The van der Waals surface area contributed by atoms with Crippen molar-refractivity contribution in [3.8, 4) is 23.0 Å². The second kappa shape index (κ2) is 13.9. The largest absolute Gasteiger partial charge is 0.490 e. The third kappa shape index (κ3) is 6.62. The third-order valence-electron chi connectivity index (χ3n) is 5.98. The predicted octanol–water partition coefficient (Wildman–Crippen LogP) is 3.28. The fraction of sp³-hybridized carbons (Fsp3) is 0.310. The lowest BCUT2D eigenvalue weighted by atomic mass is 9.97. The van der Waals surface area contributed by atoms with Crippen LogP contribution < -0.4 is 33.8 Å². The summed E-state index contributed by atoms with van der Waals surface area (Å²) in [6.45, 7) is 6.17. The molecule has 1 aliphatic heterocycles. The molecule has 1 aromatic heterocycles. The average Bonchev–Trinajstić information content (AvgIpc) is 3.27. The number of thiazole rings is 1. The molecule has 0 radical (unpaired) electrons. The van der Waals surface area contributed by atoms with Crippen molar-refractivity contribution in [3.05, 3.63) is 76.5 Å². The van der Waals surface area contributed by atoms with Crippen LogP contribution in [0.2, 0.25) is 0 Å². The normalized spacial score (nSPS) is 14.4. The highest BCUT2D eigenvalue weighted by Gasteiger charge is 2.31. The van der Waals surface area contributed by atoms with Crippen LogP contribution in [0.15, 0.2) is 51.9 Å². The lowest BCUT2D eigenvalue weighted by molar-refractivity contribution is -0.139. The van der Waals surface area contributed by atoms with Crippen LogP contribution in [0.1, 0.15) is 37.9 Å². The molecule has 0 unspecified atom stereocenters. The first-order valence-corrected chi connectivity index (χ1v) is 14.9. The molecule has 1 N–H and O–H groups in total. The zero-order valence-electron chi connectivity index (χ0n) is 23.3. The molecule has 11 nitrogen and oxygen atoms in total. The molecule has 2 aromatic carbocycles. The molecule has 4 rings (SSSR count). The Kier molecular flexibility index (Phi) is 10.3. The molecule has 1 atom stereocenters. The number of nitrogens with zero attached hydrogens (tertiary/aromatic N) is 2. The first-order chi connectivity index (χ1) is 20.2. The Labute approximate surface area is 258 Å². The number of carboxylic acid groups (broad SMARTS) is 1. The number of carboxylic acids is 1. The molecule has 0 saturated heterocycles. The summed E-state index contributed by atoms with van der Waals surface area (Å²) in [7, 11) is 1.27. The maximum atomic E-state index is 13.9. The van der Waals surface area contributed by atoms with Crippen molar-refractivity contribution >= 4 is 51.9 Å². The highest BCUT2D eigenvalue weighted by atomic mass is 127. The van der Waals surface area contributed by atoms with Crippen LogP contribution in [0, 0.1) is 3.57 Å². The van der Waals surface area contributed by atoms with Gasteiger partial charge in [0.05, 0.1) is 46.6 Å². The van der Waals surface area contributed by atoms with Crippen molar-refractivity contribution in [2.45, 2.75) is 26.8 Å². The number of halogens is 1. The second-order valence-electron chi connectivity index (χ2n) is 8.69. The Balaban J connectivity index is 1.86. The van der Waals surface area contributed by atoms with E-state index in [4.69, 9.17) is 28.8 Å². The van der Waals surface area contributed by atoms with Gasteiger partial charge < -0.3 is 28.8 Å². The zero-order chi connectivity index (χ0) is 30.4. The Hall–Kier alpha value is -3.85. The smallest absolute Gasteiger partial charge is 0.341 e. The maximum Gasteiger partial charge on any atom is 0.341 e. The van der Waals surface area contributed by atoms with Crippen molar-refractivity contribution in [1.82, 2.24) is 4.57 Å². The number of aromatic nitrogens is 1. The Morgan fingerprint density at radius 2 is 1.71 bits per heavy atom. The number of ether oxygens (including phenoxy) is 5. The van der Waals surface area contributed by atoms with Crippen molar-refractivity contribution in [3.63, 3.8) is 0 Å². The van der Waals surface area contributed by atoms with Crippen molar-refractivity contribution in [2.24, 2.45) is 4.99 Å². The Morgan fingerprint density at radius 3 is 2.38 bits per heavy atom. The summed E-state index contributed by atoms with van der Waals surface area (Å²) in [5.74, 6) is -0.0221. The highest BCUT2D eigenvalue weighted by molar-refractivity contribution is 14.1. The van der Waals surface area contributed by atoms with Gasteiger partial charge in [-0.25, -0.2) is 14.6 Å². The minimum Gasteiger partial charge on any atom is -0.490 e. The molecule has 3 aromatic rings. The van der Waals surface area contributed by atoms with Crippen molar-refractivity contribution in [1.29, 1.82) is 0 Å². The molecular formula is C29H29IN2O9S. The number of fused-ring (bicyclic) bond motifs is 1. The minimum absolute atomic E-state index is 0.191. The van der Waals surface area contributed by atoms with Crippen LogP contribution in [-0.4, -0.2) is 55.1 Å². The van der Waals surface area contributed by atoms with Crippen LogP contribution >= 0.6 is 33.9 Å². The molecule has 0 amide bonds. The number of hydrogen-bond donors (Lipinski definition) is 1. The summed E-state index contributed by atoms with van der Waals surface area (Å²) in [5.41, 5.74) is 1.09. The van der Waals surface area contributed by atoms with Gasteiger partial charge in [-0.3, -0.25) is 9.36 Å². The van der Waals surface area contributed by atoms with E-state index in [-0.39, 0.29) is 11.1 Å². The van der Waals surface area contributed by atoms with E-state index in [1.807, 2.05) is 36.4 Å². The molecule has 222 valence electrons. The summed E-state index contributed by atoms with van der Waals surface area (Å²) >= 11 is 3.20. The monoisotopic (exact) mass is 708 g/mol. The Morgan fingerprint density at radius 1 is 1.02 bits per heavy atom. The molecule has 0 aliphatic carbocycles. The van der Waals surface area contributed by atoms with E-state index >= 15 is 0 Å². The second-order valence-corrected chi connectivity index (χ2v) is 10.9. The van der Waals surface area contributed by atoms with Gasteiger partial charge in [0.2, 0.25) is 0 Å². The van der Waals surface area contributed by atoms with Crippen LogP contribution in [0.5, 0.6) is 23.0 Å². The molecule has 0 saturated carbocycles. The van der Waals surface area contributed by atoms with Gasteiger partial charge in [0.1, 0.15) is 0 Å². The summed E-state index contributed by atoms with van der Waals surface area (Å²) in [6.07, 6.45) is 3.12. The summed E-state index contributed by atoms with van der Waals surface area (Å²) in [5, 5.41) is 9.03. The highest BCUT2D eigenvalue weighted by Crippen LogP contribution is 2.36. The van der Waals surface area contributed by atoms with E-state index < -0.39 is 24.6 Å². The van der Waals surface area contributed by atoms with E-state index in [9.17, 15) is 14.4 Å².